The van der Waals surface area contributed by atoms with Gasteiger partial charge in [0.2, 0.25) is 0 Å². The summed E-state index contributed by atoms with van der Waals surface area (Å²) in [4.78, 5) is 12.0. The van der Waals surface area contributed by atoms with Crippen LogP contribution in [0.3, 0.4) is 0 Å². The highest BCUT2D eigenvalue weighted by molar-refractivity contribution is 9.11. The first-order valence-electron chi connectivity index (χ1n) is 5.08. The van der Waals surface area contributed by atoms with Gasteiger partial charge in [0.15, 0.2) is 5.78 Å². The van der Waals surface area contributed by atoms with Crippen molar-refractivity contribution in [1.29, 1.82) is 0 Å². The molecule has 82 valence electrons. The van der Waals surface area contributed by atoms with Crippen LogP contribution < -0.4 is 0 Å². The first-order valence-corrected chi connectivity index (χ1v) is 6.75. The van der Waals surface area contributed by atoms with Crippen molar-refractivity contribution in [3.63, 3.8) is 0 Å². The molecule has 0 atom stereocenters. The van der Waals surface area contributed by atoms with E-state index in [9.17, 15) is 4.79 Å². The standard InChI is InChI=1S/C13H11BrOS/c1-2-9-3-5-10(6-4-9)13(15)11-7-12(14)16-8-11/h3-8H,2H2,1H3. The topological polar surface area (TPSA) is 17.1 Å². The van der Waals surface area contributed by atoms with Gasteiger partial charge in [-0.25, -0.2) is 0 Å². The third kappa shape index (κ3) is 2.42. The maximum absolute atomic E-state index is 12.0. The molecule has 0 radical (unpaired) electrons. The fraction of sp³-hybridized carbons (Fsp3) is 0.154. The lowest BCUT2D eigenvalue weighted by Gasteiger charge is -2.00. The molecule has 0 bridgehead atoms. The van der Waals surface area contributed by atoms with Crippen LogP contribution in [-0.4, -0.2) is 5.78 Å². The van der Waals surface area contributed by atoms with Crippen molar-refractivity contribution in [2.24, 2.45) is 0 Å². The second kappa shape index (κ2) is 4.93. The molecule has 2 rings (SSSR count). The fourth-order valence-corrected chi connectivity index (χ4v) is 2.62. The van der Waals surface area contributed by atoms with Gasteiger partial charge < -0.3 is 0 Å². The maximum Gasteiger partial charge on any atom is 0.193 e. The second-order valence-corrected chi connectivity index (χ2v) is 5.81. The fourth-order valence-electron chi connectivity index (χ4n) is 1.49. The van der Waals surface area contributed by atoms with Crippen LogP contribution in [0.1, 0.15) is 28.4 Å². The van der Waals surface area contributed by atoms with Crippen molar-refractivity contribution < 1.29 is 4.79 Å². The third-order valence-electron chi connectivity index (χ3n) is 2.45. The molecule has 0 amide bonds. The number of hydrogen-bond acceptors (Lipinski definition) is 2. The van der Waals surface area contributed by atoms with E-state index in [4.69, 9.17) is 0 Å². The SMILES string of the molecule is CCc1ccc(C(=O)c2csc(Br)c2)cc1. The molecule has 0 spiro atoms. The summed E-state index contributed by atoms with van der Waals surface area (Å²) in [6.45, 7) is 2.10. The van der Waals surface area contributed by atoms with Crippen LogP contribution >= 0.6 is 27.3 Å². The molecular formula is C13H11BrOS. The number of benzene rings is 1. The number of thiophene rings is 1. The van der Waals surface area contributed by atoms with E-state index >= 15 is 0 Å². The lowest BCUT2D eigenvalue weighted by atomic mass is 10.0. The van der Waals surface area contributed by atoms with Crippen LogP contribution in [0.2, 0.25) is 0 Å². The molecule has 2 aromatic rings. The van der Waals surface area contributed by atoms with E-state index < -0.39 is 0 Å². The molecule has 0 saturated heterocycles. The monoisotopic (exact) mass is 294 g/mol. The highest BCUT2D eigenvalue weighted by Crippen LogP contribution is 2.22. The number of hydrogen-bond donors (Lipinski definition) is 0. The van der Waals surface area contributed by atoms with E-state index in [0.717, 1.165) is 21.3 Å². The molecule has 0 unspecified atom stereocenters. The number of ketones is 1. The number of carbonyl (C=O) groups excluding carboxylic acids is 1. The first kappa shape index (κ1) is 11.6. The van der Waals surface area contributed by atoms with E-state index in [1.54, 1.807) is 0 Å². The molecule has 1 heterocycles. The van der Waals surface area contributed by atoms with Crippen molar-refractivity contribution in [2.45, 2.75) is 13.3 Å². The molecular weight excluding hydrogens is 284 g/mol. The van der Waals surface area contributed by atoms with Crippen LogP contribution in [0.4, 0.5) is 0 Å². The molecule has 0 aliphatic carbocycles. The summed E-state index contributed by atoms with van der Waals surface area (Å²) in [6, 6.07) is 9.67. The second-order valence-electron chi connectivity index (χ2n) is 3.52. The maximum atomic E-state index is 12.0. The smallest absolute Gasteiger partial charge is 0.193 e. The molecule has 3 heteroatoms. The lowest BCUT2D eigenvalue weighted by molar-refractivity contribution is 0.103. The Labute approximate surface area is 107 Å². The third-order valence-corrected chi connectivity index (χ3v) is 3.96. The van der Waals surface area contributed by atoms with Gasteiger partial charge in [0.1, 0.15) is 0 Å². The lowest BCUT2D eigenvalue weighted by Crippen LogP contribution is -1.99. The van der Waals surface area contributed by atoms with Crippen LogP contribution in [-0.2, 0) is 6.42 Å². The summed E-state index contributed by atoms with van der Waals surface area (Å²) in [6.07, 6.45) is 0.998. The van der Waals surface area contributed by atoms with Crippen molar-refractivity contribution in [1.82, 2.24) is 0 Å². The summed E-state index contributed by atoms with van der Waals surface area (Å²) in [7, 11) is 0. The minimum absolute atomic E-state index is 0.0876. The number of carbonyl (C=O) groups is 1. The van der Waals surface area contributed by atoms with Gasteiger partial charge >= 0.3 is 0 Å². The average molecular weight is 295 g/mol. The van der Waals surface area contributed by atoms with Gasteiger partial charge in [-0.05, 0) is 34.0 Å². The molecule has 0 aliphatic rings. The largest absolute Gasteiger partial charge is 0.289 e. The number of aryl methyl sites for hydroxylation is 1. The Hall–Kier alpha value is -0.930. The van der Waals surface area contributed by atoms with Crippen LogP contribution in [0.25, 0.3) is 0 Å². The summed E-state index contributed by atoms with van der Waals surface area (Å²) in [5.74, 6) is 0.0876. The molecule has 0 fully saturated rings. The Bertz CT molecular complexity index is 499. The van der Waals surface area contributed by atoms with Crippen LogP contribution in [0, 0.1) is 0 Å². The van der Waals surface area contributed by atoms with E-state index in [-0.39, 0.29) is 5.78 Å². The Balaban J connectivity index is 2.27. The zero-order valence-corrected chi connectivity index (χ0v) is 11.3. The first-order chi connectivity index (χ1) is 7.70. The Morgan fingerprint density at radius 2 is 1.94 bits per heavy atom. The van der Waals surface area contributed by atoms with E-state index in [0.29, 0.717) is 0 Å². The molecule has 0 N–H and O–H groups in total. The highest BCUT2D eigenvalue weighted by Gasteiger charge is 2.10. The Morgan fingerprint density at radius 1 is 1.25 bits per heavy atom. The molecule has 0 saturated carbocycles. The van der Waals surface area contributed by atoms with Crippen LogP contribution in [0.5, 0.6) is 0 Å². The van der Waals surface area contributed by atoms with Gasteiger partial charge in [-0.15, -0.1) is 11.3 Å². The summed E-state index contributed by atoms with van der Waals surface area (Å²) < 4.78 is 0.987. The van der Waals surface area contributed by atoms with Crippen molar-refractivity contribution in [3.05, 3.63) is 56.2 Å². The van der Waals surface area contributed by atoms with Gasteiger partial charge in [0, 0.05) is 16.5 Å². The van der Waals surface area contributed by atoms with Crippen molar-refractivity contribution in [2.75, 3.05) is 0 Å². The molecule has 16 heavy (non-hydrogen) atoms. The van der Waals surface area contributed by atoms with Gasteiger partial charge in [0.05, 0.1) is 3.79 Å². The Morgan fingerprint density at radius 3 is 2.44 bits per heavy atom. The summed E-state index contributed by atoms with van der Waals surface area (Å²) in [5, 5.41) is 1.88. The minimum Gasteiger partial charge on any atom is -0.289 e. The zero-order valence-electron chi connectivity index (χ0n) is 8.87. The summed E-state index contributed by atoms with van der Waals surface area (Å²) in [5.41, 5.74) is 2.76. The predicted molar refractivity (Wildman–Crippen MR) is 71.3 cm³/mol. The minimum atomic E-state index is 0.0876. The average Bonchev–Trinajstić information content (AvgIpc) is 2.75. The van der Waals surface area contributed by atoms with Crippen molar-refractivity contribution in [3.8, 4) is 0 Å². The highest BCUT2D eigenvalue weighted by atomic mass is 79.9. The molecule has 1 aromatic heterocycles. The molecule has 0 aliphatic heterocycles. The van der Waals surface area contributed by atoms with Gasteiger partial charge in [-0.1, -0.05) is 31.2 Å². The number of rotatable bonds is 3. The molecule has 1 aromatic carbocycles. The quantitative estimate of drug-likeness (QED) is 0.771. The summed E-state index contributed by atoms with van der Waals surface area (Å²) >= 11 is 4.89. The predicted octanol–water partition coefficient (Wildman–Crippen LogP) is 4.30. The van der Waals surface area contributed by atoms with E-state index in [1.165, 1.54) is 16.9 Å². The number of halogens is 1. The zero-order chi connectivity index (χ0) is 11.5. The van der Waals surface area contributed by atoms with Gasteiger partial charge in [-0.3, -0.25) is 4.79 Å². The van der Waals surface area contributed by atoms with E-state index in [1.807, 2.05) is 35.7 Å². The molecule has 1 nitrogen and oxygen atoms in total. The van der Waals surface area contributed by atoms with Gasteiger partial charge in [-0.2, -0.15) is 0 Å². The van der Waals surface area contributed by atoms with Crippen molar-refractivity contribution >= 4 is 33.0 Å². The van der Waals surface area contributed by atoms with E-state index in [2.05, 4.69) is 22.9 Å². The van der Waals surface area contributed by atoms with Gasteiger partial charge in [0.25, 0.3) is 0 Å². The van der Waals surface area contributed by atoms with Crippen LogP contribution in [0.15, 0.2) is 39.5 Å². The Kier molecular flexibility index (Phi) is 3.56. The normalized spacial score (nSPS) is 10.4.